The molecule has 0 spiro atoms. The molecule has 29 heavy (non-hydrogen) atoms. The van der Waals surface area contributed by atoms with Gasteiger partial charge in [-0.15, -0.1) is 0 Å². The Hall–Kier alpha value is -3.12. The van der Waals surface area contributed by atoms with Crippen LogP contribution in [0.3, 0.4) is 0 Å². The van der Waals surface area contributed by atoms with Crippen LogP contribution in [0.25, 0.3) is 0 Å². The molecule has 0 atom stereocenters. The first-order chi connectivity index (χ1) is 13.7. The molecule has 150 valence electrons. The average Bonchev–Trinajstić information content (AvgIpc) is 2.88. The van der Waals surface area contributed by atoms with Gasteiger partial charge in [0, 0.05) is 5.69 Å². The van der Waals surface area contributed by atoms with E-state index in [0.717, 1.165) is 16.0 Å². The maximum atomic E-state index is 12.9. The maximum absolute atomic E-state index is 12.9. The summed E-state index contributed by atoms with van der Waals surface area (Å²) in [4.78, 5) is 38.6. The first-order valence-electron chi connectivity index (χ1n) is 9.13. The summed E-state index contributed by atoms with van der Waals surface area (Å²) in [5, 5.41) is 2.71. The highest BCUT2D eigenvalue weighted by molar-refractivity contribution is 6.53. The second-order valence-corrected chi connectivity index (χ2v) is 7.39. The van der Waals surface area contributed by atoms with E-state index in [-0.39, 0.29) is 16.8 Å². The van der Waals surface area contributed by atoms with Crippen LogP contribution in [0.5, 0.6) is 0 Å². The lowest BCUT2D eigenvalue weighted by molar-refractivity contribution is -0.120. The molecule has 0 unspecified atom stereocenters. The van der Waals surface area contributed by atoms with E-state index >= 15 is 0 Å². The molecule has 1 aliphatic rings. The number of imide groups is 1. The third-order valence-corrected chi connectivity index (χ3v) is 4.93. The molecule has 7 heteroatoms. The van der Waals surface area contributed by atoms with Gasteiger partial charge in [-0.05, 0) is 69.2 Å². The van der Waals surface area contributed by atoms with Crippen molar-refractivity contribution in [1.82, 2.24) is 0 Å². The highest BCUT2D eigenvalue weighted by Crippen LogP contribution is 2.32. The monoisotopic (exact) mass is 412 g/mol. The Kier molecular flexibility index (Phi) is 5.75. The fraction of sp³-hybridized carbons (Fsp3) is 0.227. The molecule has 0 radical (unpaired) electrons. The van der Waals surface area contributed by atoms with E-state index in [0.29, 0.717) is 16.9 Å². The number of benzene rings is 2. The summed E-state index contributed by atoms with van der Waals surface area (Å²) in [5.74, 6) is -1.54. The topological polar surface area (TPSA) is 75.7 Å². The molecule has 1 N–H and O–H groups in total. The predicted molar refractivity (Wildman–Crippen MR) is 112 cm³/mol. The van der Waals surface area contributed by atoms with Crippen LogP contribution in [0.15, 0.2) is 53.2 Å². The third-order valence-electron chi connectivity index (χ3n) is 4.58. The van der Waals surface area contributed by atoms with Gasteiger partial charge in [0.05, 0.1) is 17.4 Å². The van der Waals surface area contributed by atoms with Gasteiger partial charge in [0.15, 0.2) is 0 Å². The predicted octanol–water partition coefficient (Wildman–Crippen LogP) is 4.30. The summed E-state index contributed by atoms with van der Waals surface area (Å²) in [6.45, 7) is 7.29. The van der Waals surface area contributed by atoms with Crippen molar-refractivity contribution >= 4 is 40.8 Å². The van der Waals surface area contributed by atoms with Gasteiger partial charge >= 0.3 is 5.97 Å². The molecule has 2 amide bonds. The van der Waals surface area contributed by atoms with Gasteiger partial charge in [0.2, 0.25) is 0 Å². The van der Waals surface area contributed by atoms with Gasteiger partial charge in [-0.3, -0.25) is 9.59 Å². The number of nitrogens with zero attached hydrogens (tertiary/aromatic N) is 1. The number of halogens is 1. The van der Waals surface area contributed by atoms with Crippen molar-refractivity contribution in [2.45, 2.75) is 33.8 Å². The molecule has 0 fully saturated rings. The fourth-order valence-electron chi connectivity index (χ4n) is 2.92. The number of hydrogen-bond donors (Lipinski definition) is 1. The number of carbonyl (C=O) groups excluding carboxylic acids is 3. The van der Waals surface area contributed by atoms with E-state index in [4.69, 9.17) is 16.3 Å². The van der Waals surface area contributed by atoms with E-state index in [1.807, 2.05) is 19.9 Å². The number of hydrogen-bond acceptors (Lipinski definition) is 5. The molecular formula is C22H21ClN2O4. The molecule has 1 aliphatic heterocycles. The average molecular weight is 413 g/mol. The number of amides is 2. The normalized spacial score (nSPS) is 14.1. The molecule has 6 nitrogen and oxygen atoms in total. The van der Waals surface area contributed by atoms with Crippen LogP contribution in [0.2, 0.25) is 0 Å². The number of nitrogens with one attached hydrogen (secondary N) is 1. The molecule has 3 rings (SSSR count). The van der Waals surface area contributed by atoms with Crippen LogP contribution in [-0.4, -0.2) is 23.9 Å². The highest BCUT2D eigenvalue weighted by Gasteiger charge is 2.39. The van der Waals surface area contributed by atoms with Crippen molar-refractivity contribution in [3.05, 3.63) is 69.9 Å². The second kappa shape index (κ2) is 8.09. The van der Waals surface area contributed by atoms with E-state index in [2.05, 4.69) is 5.32 Å². The van der Waals surface area contributed by atoms with E-state index < -0.39 is 17.8 Å². The lowest BCUT2D eigenvalue weighted by Crippen LogP contribution is -2.33. The smallest absolute Gasteiger partial charge is 0.338 e. The van der Waals surface area contributed by atoms with Gasteiger partial charge in [0.1, 0.15) is 10.7 Å². The summed E-state index contributed by atoms with van der Waals surface area (Å²) in [6, 6.07) is 11.8. The van der Waals surface area contributed by atoms with Crippen molar-refractivity contribution < 1.29 is 19.1 Å². The van der Waals surface area contributed by atoms with Crippen molar-refractivity contribution in [2.75, 3.05) is 10.2 Å². The summed E-state index contributed by atoms with van der Waals surface area (Å²) in [5.41, 5.74) is 3.19. The third kappa shape index (κ3) is 4.03. The minimum atomic E-state index is -0.579. The minimum Gasteiger partial charge on any atom is -0.459 e. The van der Waals surface area contributed by atoms with Gasteiger partial charge in [-0.25, -0.2) is 9.69 Å². The van der Waals surface area contributed by atoms with Crippen LogP contribution in [-0.2, 0) is 14.3 Å². The zero-order valence-corrected chi connectivity index (χ0v) is 17.3. The Morgan fingerprint density at radius 1 is 1.03 bits per heavy atom. The number of esters is 1. The zero-order chi connectivity index (χ0) is 21.3. The molecule has 0 aliphatic carbocycles. The number of ether oxygens (including phenoxy) is 1. The highest BCUT2D eigenvalue weighted by atomic mass is 35.5. The van der Waals surface area contributed by atoms with Crippen LogP contribution < -0.4 is 10.2 Å². The molecule has 0 aromatic heterocycles. The molecule has 0 bridgehead atoms. The summed E-state index contributed by atoms with van der Waals surface area (Å²) in [7, 11) is 0. The molecule has 0 saturated heterocycles. The standard InChI is InChI=1S/C22H21ClN2O4/c1-12(2)29-22(28)15-8-10-16(11-9-15)24-19-18(23)20(26)25(21(19)27)17-7-5-6-13(3)14(17)4/h5-12,24H,1-4H3. The summed E-state index contributed by atoms with van der Waals surface area (Å²) in [6.07, 6.45) is -0.220. The van der Waals surface area contributed by atoms with E-state index in [1.165, 1.54) is 0 Å². The van der Waals surface area contributed by atoms with Gasteiger partial charge < -0.3 is 10.1 Å². The maximum Gasteiger partial charge on any atom is 0.338 e. The number of aryl methyl sites for hydroxylation is 1. The fourth-order valence-corrected chi connectivity index (χ4v) is 3.14. The Labute approximate surface area is 174 Å². The van der Waals surface area contributed by atoms with E-state index in [9.17, 15) is 14.4 Å². The van der Waals surface area contributed by atoms with Gasteiger partial charge in [-0.1, -0.05) is 23.7 Å². The SMILES string of the molecule is Cc1cccc(N2C(=O)C(Cl)=C(Nc3ccc(C(=O)OC(C)C)cc3)C2=O)c1C. The second-order valence-electron chi connectivity index (χ2n) is 7.01. The molecule has 0 saturated carbocycles. The molecule has 2 aromatic rings. The number of rotatable bonds is 5. The van der Waals surface area contributed by atoms with Crippen molar-refractivity contribution in [1.29, 1.82) is 0 Å². The Morgan fingerprint density at radius 2 is 1.69 bits per heavy atom. The van der Waals surface area contributed by atoms with Crippen LogP contribution in [0, 0.1) is 13.8 Å². The Balaban J connectivity index is 1.83. The quantitative estimate of drug-likeness (QED) is 0.585. The molecule has 1 heterocycles. The molecular weight excluding hydrogens is 392 g/mol. The largest absolute Gasteiger partial charge is 0.459 e. The Morgan fingerprint density at radius 3 is 2.31 bits per heavy atom. The van der Waals surface area contributed by atoms with Crippen LogP contribution >= 0.6 is 11.6 Å². The summed E-state index contributed by atoms with van der Waals surface area (Å²) < 4.78 is 5.15. The zero-order valence-electron chi connectivity index (χ0n) is 16.6. The summed E-state index contributed by atoms with van der Waals surface area (Å²) >= 11 is 6.18. The van der Waals surface area contributed by atoms with Crippen LogP contribution in [0.1, 0.15) is 35.3 Å². The lowest BCUT2D eigenvalue weighted by atomic mass is 10.1. The lowest BCUT2D eigenvalue weighted by Gasteiger charge is -2.18. The minimum absolute atomic E-state index is 0.00456. The van der Waals surface area contributed by atoms with Crippen LogP contribution in [0.4, 0.5) is 11.4 Å². The first kappa shape index (κ1) is 20.6. The van der Waals surface area contributed by atoms with Crippen molar-refractivity contribution in [3.8, 4) is 0 Å². The van der Waals surface area contributed by atoms with Gasteiger partial charge in [-0.2, -0.15) is 0 Å². The van der Waals surface area contributed by atoms with Crippen molar-refractivity contribution in [2.24, 2.45) is 0 Å². The first-order valence-corrected chi connectivity index (χ1v) is 9.51. The number of anilines is 2. The van der Waals surface area contributed by atoms with Crippen molar-refractivity contribution in [3.63, 3.8) is 0 Å². The van der Waals surface area contributed by atoms with Gasteiger partial charge in [0.25, 0.3) is 11.8 Å². The Bertz CT molecular complexity index is 1030. The number of carbonyl (C=O) groups is 3. The molecule has 2 aromatic carbocycles. The van der Waals surface area contributed by atoms with E-state index in [1.54, 1.807) is 50.2 Å².